The average molecular weight is 261 g/mol. The van der Waals surface area contributed by atoms with Crippen LogP contribution in [0.5, 0.6) is 0 Å². The van der Waals surface area contributed by atoms with Crippen molar-refractivity contribution in [2.45, 2.75) is 26.8 Å². The first-order valence-electron chi connectivity index (χ1n) is 7.17. The second-order valence-electron chi connectivity index (χ2n) is 5.21. The molecule has 1 heterocycles. The molecule has 1 aromatic rings. The molecule has 0 N–H and O–H groups in total. The predicted molar refractivity (Wildman–Crippen MR) is 75.6 cm³/mol. The van der Waals surface area contributed by atoms with Crippen LogP contribution in [-0.4, -0.2) is 30.6 Å². The van der Waals surface area contributed by atoms with Crippen molar-refractivity contribution >= 4 is 5.97 Å². The fourth-order valence-electron chi connectivity index (χ4n) is 2.86. The van der Waals surface area contributed by atoms with Crippen molar-refractivity contribution in [2.24, 2.45) is 11.8 Å². The van der Waals surface area contributed by atoms with Gasteiger partial charge in [0.25, 0.3) is 0 Å². The van der Waals surface area contributed by atoms with Crippen LogP contribution in [0.4, 0.5) is 0 Å². The molecule has 1 aliphatic heterocycles. The summed E-state index contributed by atoms with van der Waals surface area (Å²) >= 11 is 0. The molecule has 1 fully saturated rings. The molecule has 0 spiro atoms. The molecule has 0 radical (unpaired) electrons. The van der Waals surface area contributed by atoms with Crippen LogP contribution in [0.25, 0.3) is 0 Å². The van der Waals surface area contributed by atoms with E-state index < -0.39 is 0 Å². The number of hydrogen-bond acceptors (Lipinski definition) is 3. The van der Waals surface area contributed by atoms with Crippen molar-refractivity contribution in [3.63, 3.8) is 0 Å². The highest BCUT2D eigenvalue weighted by molar-refractivity contribution is 5.73. The van der Waals surface area contributed by atoms with Crippen molar-refractivity contribution in [3.05, 3.63) is 35.9 Å². The molecule has 2 atom stereocenters. The zero-order valence-corrected chi connectivity index (χ0v) is 11.8. The summed E-state index contributed by atoms with van der Waals surface area (Å²) in [7, 11) is 0. The topological polar surface area (TPSA) is 29.5 Å². The standard InChI is InChI=1S/C16H23NO2/c1-3-14-11-17(10-13-8-6-5-7-9-13)12-15(14)16(18)19-4-2/h5-9,14-15H,3-4,10-12H2,1-2H3/t14-,15-/m0/s1. The predicted octanol–water partition coefficient (Wildman–Crippen LogP) is 2.71. The number of carbonyl (C=O) groups excluding carboxylic acids is 1. The summed E-state index contributed by atoms with van der Waals surface area (Å²) in [6.07, 6.45) is 1.04. The Hall–Kier alpha value is -1.35. The van der Waals surface area contributed by atoms with E-state index >= 15 is 0 Å². The summed E-state index contributed by atoms with van der Waals surface area (Å²) < 4.78 is 5.19. The molecular formula is C16H23NO2. The number of nitrogens with zero attached hydrogens (tertiary/aromatic N) is 1. The van der Waals surface area contributed by atoms with Crippen molar-refractivity contribution in [1.29, 1.82) is 0 Å². The van der Waals surface area contributed by atoms with Gasteiger partial charge in [0.15, 0.2) is 0 Å². The maximum atomic E-state index is 12.0. The molecule has 1 saturated heterocycles. The van der Waals surface area contributed by atoms with Crippen LogP contribution in [0, 0.1) is 11.8 Å². The van der Waals surface area contributed by atoms with Crippen LogP contribution >= 0.6 is 0 Å². The van der Waals surface area contributed by atoms with Crippen molar-refractivity contribution in [3.8, 4) is 0 Å². The zero-order valence-electron chi connectivity index (χ0n) is 11.8. The van der Waals surface area contributed by atoms with Gasteiger partial charge in [-0.15, -0.1) is 0 Å². The first-order valence-corrected chi connectivity index (χ1v) is 7.17. The summed E-state index contributed by atoms with van der Waals surface area (Å²) in [4.78, 5) is 14.3. The summed E-state index contributed by atoms with van der Waals surface area (Å²) in [5.41, 5.74) is 1.31. The molecule has 0 unspecified atom stereocenters. The lowest BCUT2D eigenvalue weighted by atomic mass is 9.94. The van der Waals surface area contributed by atoms with Crippen LogP contribution in [0.15, 0.2) is 30.3 Å². The highest BCUT2D eigenvalue weighted by Gasteiger charge is 2.37. The normalized spacial score (nSPS) is 23.5. The minimum atomic E-state index is -0.0232. The van der Waals surface area contributed by atoms with E-state index in [9.17, 15) is 4.79 Å². The molecule has 19 heavy (non-hydrogen) atoms. The lowest BCUT2D eigenvalue weighted by Crippen LogP contribution is -2.25. The molecule has 0 amide bonds. The highest BCUT2D eigenvalue weighted by atomic mass is 16.5. The van der Waals surface area contributed by atoms with Crippen molar-refractivity contribution in [1.82, 2.24) is 4.90 Å². The Bertz CT molecular complexity index is 404. The first kappa shape index (κ1) is 14.1. The Morgan fingerprint density at radius 1 is 1.26 bits per heavy atom. The fraction of sp³-hybridized carbons (Fsp3) is 0.562. The second-order valence-corrected chi connectivity index (χ2v) is 5.21. The molecule has 0 aliphatic carbocycles. The second kappa shape index (κ2) is 6.71. The van der Waals surface area contributed by atoms with Gasteiger partial charge in [0.05, 0.1) is 12.5 Å². The van der Waals surface area contributed by atoms with Gasteiger partial charge in [-0.05, 0) is 18.4 Å². The van der Waals surface area contributed by atoms with E-state index in [1.807, 2.05) is 13.0 Å². The third-order valence-electron chi connectivity index (χ3n) is 3.88. The van der Waals surface area contributed by atoms with Gasteiger partial charge < -0.3 is 4.74 Å². The molecule has 0 aromatic heterocycles. The molecule has 0 saturated carbocycles. The molecule has 1 aliphatic rings. The summed E-state index contributed by atoms with van der Waals surface area (Å²) in [6.45, 7) is 7.25. The van der Waals surface area contributed by atoms with Gasteiger partial charge in [-0.1, -0.05) is 43.7 Å². The van der Waals surface area contributed by atoms with Crippen molar-refractivity contribution < 1.29 is 9.53 Å². The van der Waals surface area contributed by atoms with Gasteiger partial charge >= 0.3 is 5.97 Å². The summed E-state index contributed by atoms with van der Waals surface area (Å²) in [6, 6.07) is 10.4. The SMILES string of the molecule is CCOC(=O)[C@H]1CN(Cc2ccccc2)C[C@@H]1CC. The van der Waals surface area contributed by atoms with E-state index in [4.69, 9.17) is 4.74 Å². The van der Waals surface area contributed by atoms with Gasteiger partial charge in [0.2, 0.25) is 0 Å². The summed E-state index contributed by atoms with van der Waals surface area (Å²) in [5, 5.41) is 0. The Balaban J connectivity index is 1.97. The van der Waals surface area contributed by atoms with Gasteiger partial charge in [-0.3, -0.25) is 9.69 Å². The van der Waals surface area contributed by atoms with E-state index in [0.717, 1.165) is 26.1 Å². The Labute approximate surface area is 115 Å². The minimum absolute atomic E-state index is 0.0232. The van der Waals surface area contributed by atoms with E-state index in [1.165, 1.54) is 5.56 Å². The number of ether oxygens (including phenoxy) is 1. The van der Waals surface area contributed by atoms with Crippen LogP contribution in [0.3, 0.4) is 0 Å². The average Bonchev–Trinajstić information content (AvgIpc) is 2.83. The highest BCUT2D eigenvalue weighted by Crippen LogP contribution is 2.28. The molecule has 1 aromatic carbocycles. The van der Waals surface area contributed by atoms with Gasteiger partial charge in [0.1, 0.15) is 0 Å². The number of esters is 1. The van der Waals surface area contributed by atoms with Gasteiger partial charge in [-0.2, -0.15) is 0 Å². The molecule has 0 bridgehead atoms. The third-order valence-corrected chi connectivity index (χ3v) is 3.88. The van der Waals surface area contributed by atoms with Gasteiger partial charge in [0, 0.05) is 19.6 Å². The number of benzene rings is 1. The number of carbonyl (C=O) groups is 1. The van der Waals surface area contributed by atoms with E-state index in [-0.39, 0.29) is 11.9 Å². The number of hydrogen-bond donors (Lipinski definition) is 0. The maximum Gasteiger partial charge on any atom is 0.310 e. The zero-order chi connectivity index (χ0) is 13.7. The largest absolute Gasteiger partial charge is 0.466 e. The lowest BCUT2D eigenvalue weighted by Gasteiger charge is -2.15. The number of rotatable bonds is 5. The quantitative estimate of drug-likeness (QED) is 0.763. The maximum absolute atomic E-state index is 12.0. The van der Waals surface area contributed by atoms with Gasteiger partial charge in [-0.25, -0.2) is 0 Å². The Kier molecular flexibility index (Phi) is 4.97. The van der Waals surface area contributed by atoms with Crippen LogP contribution in [0.2, 0.25) is 0 Å². The molecule has 3 heteroatoms. The van der Waals surface area contributed by atoms with E-state index in [0.29, 0.717) is 12.5 Å². The van der Waals surface area contributed by atoms with Crippen LogP contribution < -0.4 is 0 Å². The molecule has 2 rings (SSSR count). The van der Waals surface area contributed by atoms with E-state index in [2.05, 4.69) is 36.1 Å². The molecule has 104 valence electrons. The number of likely N-dealkylation sites (tertiary alicyclic amines) is 1. The fourth-order valence-corrected chi connectivity index (χ4v) is 2.86. The van der Waals surface area contributed by atoms with Crippen LogP contribution in [-0.2, 0) is 16.1 Å². The first-order chi connectivity index (χ1) is 9.24. The third kappa shape index (κ3) is 3.57. The van der Waals surface area contributed by atoms with Crippen molar-refractivity contribution in [2.75, 3.05) is 19.7 Å². The lowest BCUT2D eigenvalue weighted by molar-refractivity contribution is -0.148. The van der Waals surface area contributed by atoms with E-state index in [1.54, 1.807) is 0 Å². The Morgan fingerprint density at radius 3 is 2.63 bits per heavy atom. The van der Waals surface area contributed by atoms with Crippen LogP contribution in [0.1, 0.15) is 25.8 Å². The summed E-state index contributed by atoms with van der Waals surface area (Å²) in [5.74, 6) is 0.460. The molecule has 3 nitrogen and oxygen atoms in total. The minimum Gasteiger partial charge on any atom is -0.466 e. The monoisotopic (exact) mass is 261 g/mol. The molecular weight excluding hydrogens is 238 g/mol. The smallest absolute Gasteiger partial charge is 0.310 e. The Morgan fingerprint density at radius 2 is 2.00 bits per heavy atom.